The molecule has 2 aromatic carbocycles. The smallest absolute Gasteiger partial charge is 0.265 e. The lowest BCUT2D eigenvalue weighted by atomic mass is 10.1. The van der Waals surface area contributed by atoms with Gasteiger partial charge >= 0.3 is 0 Å². The highest BCUT2D eigenvalue weighted by molar-refractivity contribution is 9.10. The predicted molar refractivity (Wildman–Crippen MR) is 96.7 cm³/mol. The van der Waals surface area contributed by atoms with E-state index in [0.717, 1.165) is 4.47 Å². The lowest BCUT2D eigenvalue weighted by molar-refractivity contribution is -0.121. The van der Waals surface area contributed by atoms with Crippen molar-refractivity contribution in [2.45, 2.75) is 19.9 Å². The van der Waals surface area contributed by atoms with Gasteiger partial charge in [-0.05, 0) is 60.1 Å². The molecule has 0 saturated heterocycles. The average Bonchev–Trinajstić information content (AvgIpc) is 2.54. The Hall–Kier alpha value is -2.34. The number of carbonyl (C=O) groups is 2. The fourth-order valence-corrected chi connectivity index (χ4v) is 3.12. The summed E-state index contributed by atoms with van der Waals surface area (Å²) in [5.74, 6) is 0.329. The SMILES string of the molecule is CC(C)N1C(=O)COc2ccc(NC(=O)c3ccccc3Br)cc21. The van der Waals surface area contributed by atoms with E-state index in [1.54, 1.807) is 35.2 Å². The molecule has 0 bridgehead atoms. The number of nitrogens with zero attached hydrogens (tertiary/aromatic N) is 1. The van der Waals surface area contributed by atoms with E-state index < -0.39 is 0 Å². The Kier molecular flexibility index (Phi) is 4.57. The Morgan fingerprint density at radius 3 is 2.71 bits per heavy atom. The first-order chi connectivity index (χ1) is 11.5. The van der Waals surface area contributed by atoms with Gasteiger partial charge in [0.2, 0.25) is 0 Å². The zero-order chi connectivity index (χ0) is 17.3. The van der Waals surface area contributed by atoms with Crippen molar-refractivity contribution in [3.63, 3.8) is 0 Å². The molecule has 1 N–H and O–H groups in total. The van der Waals surface area contributed by atoms with E-state index in [1.165, 1.54) is 0 Å². The van der Waals surface area contributed by atoms with E-state index in [2.05, 4.69) is 21.2 Å². The minimum atomic E-state index is -0.221. The molecule has 3 rings (SSSR count). The second kappa shape index (κ2) is 6.65. The fourth-order valence-electron chi connectivity index (χ4n) is 2.66. The maximum atomic E-state index is 12.4. The number of amides is 2. The molecule has 0 atom stereocenters. The van der Waals surface area contributed by atoms with E-state index in [1.807, 2.05) is 26.0 Å². The summed E-state index contributed by atoms with van der Waals surface area (Å²) >= 11 is 3.37. The lowest BCUT2D eigenvalue weighted by Gasteiger charge is -2.32. The molecule has 0 fully saturated rings. The van der Waals surface area contributed by atoms with Crippen LogP contribution in [-0.4, -0.2) is 24.5 Å². The summed E-state index contributed by atoms with van der Waals surface area (Å²) in [5.41, 5.74) is 1.83. The average molecular weight is 389 g/mol. The van der Waals surface area contributed by atoms with Crippen molar-refractivity contribution < 1.29 is 14.3 Å². The van der Waals surface area contributed by atoms with Crippen LogP contribution in [0.15, 0.2) is 46.9 Å². The van der Waals surface area contributed by atoms with Crippen molar-refractivity contribution >= 4 is 39.1 Å². The molecule has 124 valence electrons. The Balaban J connectivity index is 1.90. The third-order valence-corrected chi connectivity index (χ3v) is 4.42. The van der Waals surface area contributed by atoms with Crippen LogP contribution in [0.4, 0.5) is 11.4 Å². The minimum absolute atomic E-state index is 0.00868. The molecule has 0 unspecified atom stereocenters. The van der Waals surface area contributed by atoms with Gasteiger partial charge in [-0.2, -0.15) is 0 Å². The number of carbonyl (C=O) groups excluding carboxylic acids is 2. The van der Waals surface area contributed by atoms with Crippen LogP contribution >= 0.6 is 15.9 Å². The van der Waals surface area contributed by atoms with Crippen LogP contribution in [0.1, 0.15) is 24.2 Å². The van der Waals surface area contributed by atoms with Crippen LogP contribution in [-0.2, 0) is 4.79 Å². The van der Waals surface area contributed by atoms with Crippen molar-refractivity contribution in [1.29, 1.82) is 0 Å². The van der Waals surface area contributed by atoms with Gasteiger partial charge in [-0.15, -0.1) is 0 Å². The Labute approximate surface area is 148 Å². The van der Waals surface area contributed by atoms with E-state index >= 15 is 0 Å². The first-order valence-electron chi connectivity index (χ1n) is 7.62. The fraction of sp³-hybridized carbons (Fsp3) is 0.222. The van der Waals surface area contributed by atoms with Crippen LogP contribution in [0.5, 0.6) is 5.75 Å². The van der Waals surface area contributed by atoms with E-state index in [-0.39, 0.29) is 24.5 Å². The quantitative estimate of drug-likeness (QED) is 0.868. The van der Waals surface area contributed by atoms with Gasteiger partial charge in [0, 0.05) is 16.2 Å². The zero-order valence-corrected chi connectivity index (χ0v) is 15.0. The number of rotatable bonds is 3. The number of hydrogen-bond donors (Lipinski definition) is 1. The summed E-state index contributed by atoms with van der Waals surface area (Å²) in [5, 5.41) is 2.86. The number of hydrogen-bond acceptors (Lipinski definition) is 3. The van der Waals surface area contributed by atoms with Crippen LogP contribution in [0.25, 0.3) is 0 Å². The second-order valence-electron chi connectivity index (χ2n) is 5.76. The predicted octanol–water partition coefficient (Wildman–Crippen LogP) is 3.84. The standard InChI is InChI=1S/C18H17BrN2O3/c1-11(2)21-15-9-12(7-8-16(15)24-10-17(21)22)20-18(23)13-5-3-4-6-14(13)19/h3-9,11H,10H2,1-2H3,(H,20,23). The molecule has 6 heteroatoms. The molecule has 0 aromatic heterocycles. The Bertz CT molecular complexity index is 805. The van der Waals surface area contributed by atoms with Crippen LogP contribution in [0, 0.1) is 0 Å². The topological polar surface area (TPSA) is 58.6 Å². The summed E-state index contributed by atoms with van der Waals surface area (Å²) in [4.78, 5) is 26.2. The monoisotopic (exact) mass is 388 g/mol. The molecular weight excluding hydrogens is 372 g/mol. The van der Waals surface area contributed by atoms with Crippen molar-refractivity contribution in [2.24, 2.45) is 0 Å². The summed E-state index contributed by atoms with van der Waals surface area (Å²) in [7, 11) is 0. The van der Waals surface area contributed by atoms with E-state index in [9.17, 15) is 9.59 Å². The number of ether oxygens (including phenoxy) is 1. The highest BCUT2D eigenvalue weighted by atomic mass is 79.9. The first-order valence-corrected chi connectivity index (χ1v) is 8.41. The Morgan fingerprint density at radius 1 is 1.25 bits per heavy atom. The molecule has 5 nitrogen and oxygen atoms in total. The summed E-state index contributed by atoms with van der Waals surface area (Å²) in [6, 6.07) is 12.5. The molecule has 1 aliphatic rings. The van der Waals surface area contributed by atoms with Gasteiger partial charge in [0.15, 0.2) is 6.61 Å². The first kappa shape index (κ1) is 16.5. The van der Waals surface area contributed by atoms with Gasteiger partial charge < -0.3 is 15.0 Å². The molecule has 1 heterocycles. The highest BCUT2D eigenvalue weighted by Gasteiger charge is 2.28. The molecule has 0 spiro atoms. The van der Waals surface area contributed by atoms with Gasteiger partial charge in [0.1, 0.15) is 5.75 Å². The summed E-state index contributed by atoms with van der Waals surface area (Å²) in [6.45, 7) is 3.92. The largest absolute Gasteiger partial charge is 0.482 e. The normalized spacial score (nSPS) is 13.5. The van der Waals surface area contributed by atoms with Crippen LogP contribution in [0.2, 0.25) is 0 Å². The van der Waals surface area contributed by atoms with Crippen LogP contribution in [0.3, 0.4) is 0 Å². The molecular formula is C18H17BrN2O3. The number of anilines is 2. The van der Waals surface area contributed by atoms with Gasteiger partial charge in [0.05, 0.1) is 11.3 Å². The molecule has 2 amide bonds. The summed E-state index contributed by atoms with van der Waals surface area (Å²) in [6.07, 6.45) is 0. The molecule has 0 aliphatic carbocycles. The van der Waals surface area contributed by atoms with Crippen molar-refractivity contribution in [1.82, 2.24) is 0 Å². The highest BCUT2D eigenvalue weighted by Crippen LogP contribution is 2.36. The number of halogens is 1. The number of benzene rings is 2. The number of nitrogens with one attached hydrogen (secondary N) is 1. The maximum Gasteiger partial charge on any atom is 0.265 e. The third-order valence-electron chi connectivity index (χ3n) is 3.73. The Morgan fingerprint density at radius 2 is 2.00 bits per heavy atom. The van der Waals surface area contributed by atoms with Crippen molar-refractivity contribution in [3.8, 4) is 5.75 Å². The minimum Gasteiger partial charge on any atom is -0.482 e. The van der Waals surface area contributed by atoms with E-state index in [0.29, 0.717) is 22.7 Å². The second-order valence-corrected chi connectivity index (χ2v) is 6.62. The molecule has 24 heavy (non-hydrogen) atoms. The maximum absolute atomic E-state index is 12.4. The van der Waals surface area contributed by atoms with Crippen LogP contribution < -0.4 is 15.0 Å². The number of fused-ring (bicyclic) bond motifs is 1. The van der Waals surface area contributed by atoms with Gasteiger partial charge in [0.25, 0.3) is 11.8 Å². The lowest BCUT2D eigenvalue weighted by Crippen LogP contribution is -2.43. The van der Waals surface area contributed by atoms with E-state index in [4.69, 9.17) is 4.74 Å². The molecule has 2 aromatic rings. The van der Waals surface area contributed by atoms with Crippen molar-refractivity contribution in [3.05, 3.63) is 52.5 Å². The van der Waals surface area contributed by atoms with Gasteiger partial charge in [-0.3, -0.25) is 9.59 Å². The third kappa shape index (κ3) is 3.14. The zero-order valence-electron chi connectivity index (χ0n) is 13.4. The molecule has 0 saturated carbocycles. The van der Waals surface area contributed by atoms with Crippen molar-refractivity contribution in [2.75, 3.05) is 16.8 Å². The van der Waals surface area contributed by atoms with Gasteiger partial charge in [-0.25, -0.2) is 0 Å². The molecule has 0 radical (unpaired) electrons. The summed E-state index contributed by atoms with van der Waals surface area (Å²) < 4.78 is 6.19. The van der Waals surface area contributed by atoms with Gasteiger partial charge in [-0.1, -0.05) is 12.1 Å². The molecule has 1 aliphatic heterocycles.